The SMILES string of the molecule is Cc1ccc(CCc2c(C#N)nnn2-c2ccccc2C)cc1. The standard InChI is InChI=1S/C19H18N4/c1-14-7-9-16(10-8-14)11-12-19-17(13-20)21-22-23(19)18-6-4-3-5-15(18)2/h3-10H,11-12H2,1-2H3. The lowest BCUT2D eigenvalue weighted by molar-refractivity contribution is 0.748. The van der Waals surface area contributed by atoms with Gasteiger partial charge in [0.15, 0.2) is 5.69 Å². The lowest BCUT2D eigenvalue weighted by Crippen LogP contribution is -2.06. The summed E-state index contributed by atoms with van der Waals surface area (Å²) < 4.78 is 1.79. The van der Waals surface area contributed by atoms with E-state index in [1.54, 1.807) is 4.68 Å². The average Bonchev–Trinajstić information content (AvgIpc) is 2.97. The Labute approximate surface area is 136 Å². The fraction of sp³-hybridized carbons (Fsp3) is 0.211. The van der Waals surface area contributed by atoms with Crippen molar-refractivity contribution in [2.45, 2.75) is 26.7 Å². The largest absolute Gasteiger partial charge is 0.216 e. The summed E-state index contributed by atoms with van der Waals surface area (Å²) in [7, 11) is 0. The van der Waals surface area contributed by atoms with E-state index < -0.39 is 0 Å². The molecule has 3 rings (SSSR count). The highest BCUT2D eigenvalue weighted by molar-refractivity contribution is 5.42. The Hall–Kier alpha value is -2.93. The molecule has 0 saturated carbocycles. The number of aryl methyl sites for hydroxylation is 3. The highest BCUT2D eigenvalue weighted by Crippen LogP contribution is 2.18. The molecule has 0 radical (unpaired) electrons. The molecule has 0 amide bonds. The van der Waals surface area contributed by atoms with Gasteiger partial charge in [0.2, 0.25) is 0 Å². The van der Waals surface area contributed by atoms with E-state index in [0.29, 0.717) is 5.69 Å². The minimum Gasteiger partial charge on any atom is -0.216 e. The number of benzene rings is 2. The van der Waals surface area contributed by atoms with Crippen molar-refractivity contribution < 1.29 is 0 Å². The van der Waals surface area contributed by atoms with Crippen molar-refractivity contribution in [3.05, 3.63) is 76.6 Å². The van der Waals surface area contributed by atoms with Gasteiger partial charge in [-0.05, 0) is 43.9 Å². The van der Waals surface area contributed by atoms with Gasteiger partial charge in [-0.25, -0.2) is 4.68 Å². The molecule has 0 aliphatic carbocycles. The summed E-state index contributed by atoms with van der Waals surface area (Å²) in [5.41, 5.74) is 5.84. The number of nitriles is 1. The van der Waals surface area contributed by atoms with Crippen LogP contribution in [-0.2, 0) is 12.8 Å². The summed E-state index contributed by atoms with van der Waals surface area (Å²) >= 11 is 0. The molecule has 0 unspecified atom stereocenters. The van der Waals surface area contributed by atoms with E-state index in [9.17, 15) is 5.26 Å². The van der Waals surface area contributed by atoms with Crippen LogP contribution in [-0.4, -0.2) is 15.0 Å². The van der Waals surface area contributed by atoms with Crippen LogP contribution in [0.1, 0.15) is 28.1 Å². The lowest BCUT2D eigenvalue weighted by Gasteiger charge is -2.09. The van der Waals surface area contributed by atoms with E-state index in [2.05, 4.69) is 47.6 Å². The third kappa shape index (κ3) is 3.14. The number of hydrogen-bond donors (Lipinski definition) is 0. The van der Waals surface area contributed by atoms with Crippen molar-refractivity contribution >= 4 is 0 Å². The Kier molecular flexibility index (Phi) is 4.20. The van der Waals surface area contributed by atoms with E-state index in [1.807, 2.05) is 31.2 Å². The molecule has 4 nitrogen and oxygen atoms in total. The van der Waals surface area contributed by atoms with Gasteiger partial charge in [0.05, 0.1) is 11.4 Å². The van der Waals surface area contributed by atoms with E-state index in [1.165, 1.54) is 11.1 Å². The van der Waals surface area contributed by atoms with Crippen molar-refractivity contribution in [1.82, 2.24) is 15.0 Å². The van der Waals surface area contributed by atoms with Crippen LogP contribution >= 0.6 is 0 Å². The summed E-state index contributed by atoms with van der Waals surface area (Å²) in [5, 5.41) is 17.5. The number of aromatic nitrogens is 3. The lowest BCUT2D eigenvalue weighted by atomic mass is 10.1. The molecule has 0 spiro atoms. The Morgan fingerprint density at radius 3 is 2.43 bits per heavy atom. The first-order valence-electron chi connectivity index (χ1n) is 7.65. The van der Waals surface area contributed by atoms with Gasteiger partial charge in [-0.1, -0.05) is 53.2 Å². The highest BCUT2D eigenvalue weighted by atomic mass is 15.4. The maximum absolute atomic E-state index is 9.32. The molecule has 0 aliphatic rings. The maximum Gasteiger partial charge on any atom is 0.186 e. The van der Waals surface area contributed by atoms with Gasteiger partial charge in [-0.15, -0.1) is 5.10 Å². The Morgan fingerprint density at radius 2 is 1.74 bits per heavy atom. The third-order valence-corrected chi connectivity index (χ3v) is 3.98. The second-order valence-corrected chi connectivity index (χ2v) is 5.68. The van der Waals surface area contributed by atoms with Crippen molar-refractivity contribution in [2.24, 2.45) is 0 Å². The normalized spacial score (nSPS) is 10.5. The molecule has 0 saturated heterocycles. The summed E-state index contributed by atoms with van der Waals surface area (Å²) in [6, 6.07) is 18.6. The fourth-order valence-corrected chi connectivity index (χ4v) is 2.62. The summed E-state index contributed by atoms with van der Waals surface area (Å²) in [6.45, 7) is 4.11. The van der Waals surface area contributed by atoms with Gasteiger partial charge in [-0.3, -0.25) is 0 Å². The molecule has 2 aromatic carbocycles. The van der Waals surface area contributed by atoms with Gasteiger partial charge < -0.3 is 0 Å². The van der Waals surface area contributed by atoms with Gasteiger partial charge in [0, 0.05) is 0 Å². The first-order valence-corrected chi connectivity index (χ1v) is 7.65. The minimum atomic E-state index is 0.403. The first-order chi connectivity index (χ1) is 11.2. The second-order valence-electron chi connectivity index (χ2n) is 5.68. The van der Waals surface area contributed by atoms with Crippen LogP contribution in [0.3, 0.4) is 0 Å². The summed E-state index contributed by atoms with van der Waals surface area (Å²) in [5.74, 6) is 0. The molecule has 0 atom stereocenters. The molecule has 4 heteroatoms. The number of nitrogens with zero attached hydrogens (tertiary/aromatic N) is 4. The van der Waals surface area contributed by atoms with Crippen LogP contribution in [0, 0.1) is 25.2 Å². The van der Waals surface area contributed by atoms with Gasteiger partial charge >= 0.3 is 0 Å². The predicted octanol–water partition coefficient (Wildman–Crippen LogP) is 3.54. The van der Waals surface area contributed by atoms with Crippen LogP contribution < -0.4 is 0 Å². The topological polar surface area (TPSA) is 54.5 Å². The molecule has 3 aromatic rings. The van der Waals surface area contributed by atoms with Gasteiger partial charge in [0.1, 0.15) is 6.07 Å². The maximum atomic E-state index is 9.32. The minimum absolute atomic E-state index is 0.403. The van der Waals surface area contributed by atoms with E-state index in [4.69, 9.17) is 0 Å². The molecular weight excluding hydrogens is 284 g/mol. The monoisotopic (exact) mass is 302 g/mol. The third-order valence-electron chi connectivity index (χ3n) is 3.98. The molecule has 1 aromatic heterocycles. The zero-order chi connectivity index (χ0) is 16.2. The summed E-state index contributed by atoms with van der Waals surface area (Å²) in [6.07, 6.45) is 1.58. The predicted molar refractivity (Wildman–Crippen MR) is 89.4 cm³/mol. The van der Waals surface area contributed by atoms with Crippen LogP contribution in [0.25, 0.3) is 5.69 Å². The van der Waals surface area contributed by atoms with Crippen molar-refractivity contribution in [3.8, 4) is 11.8 Å². The van der Waals surface area contributed by atoms with Crippen molar-refractivity contribution in [3.63, 3.8) is 0 Å². The van der Waals surface area contributed by atoms with Gasteiger partial charge in [0.25, 0.3) is 0 Å². The Balaban J connectivity index is 1.92. The Morgan fingerprint density at radius 1 is 1.00 bits per heavy atom. The number of hydrogen-bond acceptors (Lipinski definition) is 3. The molecule has 0 aliphatic heterocycles. The molecule has 23 heavy (non-hydrogen) atoms. The van der Waals surface area contributed by atoms with Crippen LogP contribution in [0.4, 0.5) is 0 Å². The summed E-state index contributed by atoms with van der Waals surface area (Å²) in [4.78, 5) is 0. The zero-order valence-electron chi connectivity index (χ0n) is 13.3. The fourth-order valence-electron chi connectivity index (χ4n) is 2.62. The van der Waals surface area contributed by atoms with E-state index in [0.717, 1.165) is 29.8 Å². The second kappa shape index (κ2) is 6.45. The molecule has 0 bridgehead atoms. The smallest absolute Gasteiger partial charge is 0.186 e. The quantitative estimate of drug-likeness (QED) is 0.740. The van der Waals surface area contributed by atoms with Crippen LogP contribution in [0.5, 0.6) is 0 Å². The van der Waals surface area contributed by atoms with Crippen LogP contribution in [0.15, 0.2) is 48.5 Å². The molecule has 0 N–H and O–H groups in total. The number of rotatable bonds is 4. The van der Waals surface area contributed by atoms with Crippen LogP contribution in [0.2, 0.25) is 0 Å². The molecule has 114 valence electrons. The van der Waals surface area contributed by atoms with Gasteiger partial charge in [-0.2, -0.15) is 5.26 Å². The highest BCUT2D eigenvalue weighted by Gasteiger charge is 2.15. The zero-order valence-corrected chi connectivity index (χ0v) is 13.3. The van der Waals surface area contributed by atoms with E-state index >= 15 is 0 Å². The van der Waals surface area contributed by atoms with Crippen molar-refractivity contribution in [2.75, 3.05) is 0 Å². The molecule has 1 heterocycles. The number of para-hydroxylation sites is 1. The average molecular weight is 302 g/mol. The Bertz CT molecular complexity index is 854. The molecular formula is C19H18N4. The molecule has 0 fully saturated rings. The van der Waals surface area contributed by atoms with E-state index in [-0.39, 0.29) is 0 Å². The van der Waals surface area contributed by atoms with Crippen molar-refractivity contribution in [1.29, 1.82) is 5.26 Å². The first kappa shape index (κ1) is 15.0.